The molecule has 0 aromatic carbocycles. The molecule has 1 fully saturated rings. The van der Waals surface area contributed by atoms with Gasteiger partial charge in [-0.3, -0.25) is 0 Å². The Morgan fingerprint density at radius 1 is 1.22 bits per heavy atom. The van der Waals surface area contributed by atoms with Crippen molar-refractivity contribution in [3.8, 4) is 0 Å². The first-order valence-corrected chi connectivity index (χ1v) is 9.22. The Balaban J connectivity index is 1.80. The van der Waals surface area contributed by atoms with Crippen LogP contribution in [0.3, 0.4) is 0 Å². The van der Waals surface area contributed by atoms with Crippen molar-refractivity contribution < 1.29 is 9.84 Å². The van der Waals surface area contributed by atoms with Gasteiger partial charge in [0.1, 0.15) is 11.6 Å². The Morgan fingerprint density at radius 2 is 2.04 bits per heavy atom. The molecule has 0 aliphatic carbocycles. The quantitative estimate of drug-likeness (QED) is 0.813. The SMILES string of the molecule is COCc1cc(C)nc(N2CCN(c3ccnc(CCO)n3)C(C)(C)C2)n1. The standard InChI is InChI=1S/C19H28N6O2/c1-14-11-15(12-27-4)22-18(21-14)24-8-9-25(19(2,3)13-24)17-5-7-20-16(23-17)6-10-26/h5,7,11,26H,6,8-10,12-13H2,1-4H3. The minimum Gasteiger partial charge on any atom is -0.396 e. The lowest BCUT2D eigenvalue weighted by Crippen LogP contribution is -2.60. The molecule has 1 aliphatic rings. The van der Waals surface area contributed by atoms with Crippen molar-refractivity contribution in [3.05, 3.63) is 35.5 Å². The molecule has 0 atom stereocenters. The highest BCUT2D eigenvalue weighted by atomic mass is 16.5. The summed E-state index contributed by atoms with van der Waals surface area (Å²) < 4.78 is 5.22. The number of ether oxygens (including phenoxy) is 1. The number of aliphatic hydroxyl groups is 1. The fourth-order valence-electron chi connectivity index (χ4n) is 3.49. The zero-order chi connectivity index (χ0) is 19.4. The van der Waals surface area contributed by atoms with Crippen molar-refractivity contribution in [1.29, 1.82) is 0 Å². The highest BCUT2D eigenvalue weighted by molar-refractivity contribution is 5.46. The second-order valence-corrected chi connectivity index (χ2v) is 7.42. The predicted octanol–water partition coefficient (Wildman–Crippen LogP) is 1.36. The Morgan fingerprint density at radius 3 is 2.74 bits per heavy atom. The molecule has 27 heavy (non-hydrogen) atoms. The Labute approximate surface area is 160 Å². The molecule has 3 heterocycles. The maximum atomic E-state index is 9.14. The number of hydrogen-bond donors (Lipinski definition) is 1. The van der Waals surface area contributed by atoms with Gasteiger partial charge in [0.05, 0.1) is 24.4 Å². The monoisotopic (exact) mass is 372 g/mol. The average Bonchev–Trinajstić information content (AvgIpc) is 2.61. The summed E-state index contributed by atoms with van der Waals surface area (Å²) in [4.78, 5) is 22.7. The molecule has 146 valence electrons. The van der Waals surface area contributed by atoms with Crippen LogP contribution in [0.15, 0.2) is 18.3 Å². The van der Waals surface area contributed by atoms with Crippen LogP contribution in [0.1, 0.15) is 31.1 Å². The fourth-order valence-corrected chi connectivity index (χ4v) is 3.49. The van der Waals surface area contributed by atoms with Gasteiger partial charge in [-0.05, 0) is 32.9 Å². The molecule has 0 radical (unpaired) electrons. The van der Waals surface area contributed by atoms with E-state index in [2.05, 4.69) is 43.6 Å². The number of nitrogens with zero attached hydrogens (tertiary/aromatic N) is 6. The van der Waals surface area contributed by atoms with Gasteiger partial charge in [0.15, 0.2) is 0 Å². The van der Waals surface area contributed by atoms with Crippen molar-refractivity contribution in [2.45, 2.75) is 39.3 Å². The van der Waals surface area contributed by atoms with Crippen LogP contribution in [0, 0.1) is 6.92 Å². The van der Waals surface area contributed by atoms with E-state index in [9.17, 15) is 0 Å². The summed E-state index contributed by atoms with van der Waals surface area (Å²) in [6, 6.07) is 3.89. The van der Waals surface area contributed by atoms with Crippen LogP contribution >= 0.6 is 0 Å². The Hall–Kier alpha value is -2.32. The molecule has 8 nitrogen and oxygen atoms in total. The van der Waals surface area contributed by atoms with E-state index in [0.29, 0.717) is 18.9 Å². The van der Waals surface area contributed by atoms with Gasteiger partial charge in [-0.2, -0.15) is 0 Å². The summed E-state index contributed by atoms with van der Waals surface area (Å²) in [6.45, 7) is 9.29. The van der Waals surface area contributed by atoms with Crippen molar-refractivity contribution in [2.24, 2.45) is 0 Å². The number of aryl methyl sites for hydroxylation is 1. The summed E-state index contributed by atoms with van der Waals surface area (Å²) in [6.07, 6.45) is 2.23. The summed E-state index contributed by atoms with van der Waals surface area (Å²) in [5.41, 5.74) is 1.68. The maximum Gasteiger partial charge on any atom is 0.225 e. The first kappa shape index (κ1) is 19.4. The second-order valence-electron chi connectivity index (χ2n) is 7.42. The van der Waals surface area contributed by atoms with Crippen molar-refractivity contribution in [1.82, 2.24) is 19.9 Å². The van der Waals surface area contributed by atoms with Crippen LogP contribution in [-0.4, -0.2) is 63.9 Å². The van der Waals surface area contributed by atoms with E-state index in [-0.39, 0.29) is 12.1 Å². The van der Waals surface area contributed by atoms with Crippen LogP contribution in [-0.2, 0) is 17.8 Å². The van der Waals surface area contributed by atoms with Crippen LogP contribution in [0.25, 0.3) is 0 Å². The van der Waals surface area contributed by atoms with Crippen LogP contribution in [0.5, 0.6) is 0 Å². The number of rotatable bonds is 6. The number of piperazine rings is 1. The van der Waals surface area contributed by atoms with Crippen molar-refractivity contribution in [2.75, 3.05) is 43.2 Å². The van der Waals surface area contributed by atoms with Crippen LogP contribution < -0.4 is 9.80 Å². The smallest absolute Gasteiger partial charge is 0.225 e. The first-order chi connectivity index (χ1) is 12.9. The molecule has 0 spiro atoms. The number of methoxy groups -OCH3 is 1. The van der Waals surface area contributed by atoms with Gasteiger partial charge >= 0.3 is 0 Å². The van der Waals surface area contributed by atoms with E-state index < -0.39 is 0 Å². The Bertz CT molecular complexity index is 783. The van der Waals surface area contributed by atoms with E-state index in [4.69, 9.17) is 9.84 Å². The van der Waals surface area contributed by atoms with Gasteiger partial charge in [-0.15, -0.1) is 0 Å². The normalized spacial score (nSPS) is 16.6. The third-order valence-electron chi connectivity index (χ3n) is 4.68. The van der Waals surface area contributed by atoms with Crippen LogP contribution in [0.4, 0.5) is 11.8 Å². The van der Waals surface area contributed by atoms with E-state index in [1.54, 1.807) is 13.3 Å². The minimum atomic E-state index is -0.155. The molecule has 1 N–H and O–H groups in total. The minimum absolute atomic E-state index is 0.0507. The molecular formula is C19H28N6O2. The van der Waals surface area contributed by atoms with Crippen molar-refractivity contribution >= 4 is 11.8 Å². The van der Waals surface area contributed by atoms with Gasteiger partial charge in [0.2, 0.25) is 5.95 Å². The molecular weight excluding hydrogens is 344 g/mol. The summed E-state index contributed by atoms with van der Waals surface area (Å²) >= 11 is 0. The third kappa shape index (κ3) is 4.51. The number of anilines is 2. The molecule has 2 aromatic heterocycles. The highest BCUT2D eigenvalue weighted by Crippen LogP contribution is 2.28. The molecule has 3 rings (SSSR count). The van der Waals surface area contributed by atoms with Crippen molar-refractivity contribution in [3.63, 3.8) is 0 Å². The van der Waals surface area contributed by atoms with Gasteiger partial charge in [-0.1, -0.05) is 0 Å². The Kier molecular flexibility index (Phi) is 5.86. The van der Waals surface area contributed by atoms with Gasteiger partial charge in [0.25, 0.3) is 0 Å². The van der Waals surface area contributed by atoms with E-state index in [1.807, 2.05) is 19.1 Å². The number of aromatic nitrogens is 4. The zero-order valence-electron chi connectivity index (χ0n) is 16.5. The molecule has 0 amide bonds. The van der Waals surface area contributed by atoms with E-state index in [1.165, 1.54) is 0 Å². The van der Waals surface area contributed by atoms with Gasteiger partial charge < -0.3 is 19.6 Å². The lowest BCUT2D eigenvalue weighted by Gasteiger charge is -2.47. The summed E-state index contributed by atoms with van der Waals surface area (Å²) in [5.74, 6) is 2.31. The van der Waals surface area contributed by atoms with E-state index >= 15 is 0 Å². The largest absolute Gasteiger partial charge is 0.396 e. The molecule has 8 heteroatoms. The fraction of sp³-hybridized carbons (Fsp3) is 0.579. The number of aliphatic hydroxyl groups excluding tert-OH is 1. The molecule has 0 bridgehead atoms. The molecule has 0 saturated carbocycles. The second kappa shape index (κ2) is 8.14. The van der Waals surface area contributed by atoms with Gasteiger partial charge in [0, 0.05) is 45.1 Å². The summed E-state index contributed by atoms with van der Waals surface area (Å²) in [7, 11) is 1.67. The summed E-state index contributed by atoms with van der Waals surface area (Å²) in [5, 5.41) is 9.14. The van der Waals surface area contributed by atoms with Gasteiger partial charge in [-0.25, -0.2) is 19.9 Å². The lowest BCUT2D eigenvalue weighted by molar-refractivity contribution is 0.181. The molecule has 1 aliphatic heterocycles. The molecule has 1 saturated heterocycles. The zero-order valence-corrected chi connectivity index (χ0v) is 16.5. The van der Waals surface area contributed by atoms with E-state index in [0.717, 1.165) is 42.8 Å². The van der Waals surface area contributed by atoms with Crippen LogP contribution in [0.2, 0.25) is 0 Å². The average molecular weight is 372 g/mol. The lowest BCUT2D eigenvalue weighted by atomic mass is 9.99. The topological polar surface area (TPSA) is 87.5 Å². The number of hydrogen-bond acceptors (Lipinski definition) is 8. The third-order valence-corrected chi connectivity index (χ3v) is 4.68. The highest BCUT2D eigenvalue weighted by Gasteiger charge is 2.35. The predicted molar refractivity (Wildman–Crippen MR) is 104 cm³/mol. The maximum absolute atomic E-state index is 9.14. The molecule has 2 aromatic rings. The molecule has 0 unspecified atom stereocenters. The first-order valence-electron chi connectivity index (χ1n) is 9.22.